The predicted octanol–water partition coefficient (Wildman–Crippen LogP) is 2.44. The molecule has 1 aliphatic rings. The van der Waals surface area contributed by atoms with E-state index in [0.29, 0.717) is 17.7 Å². The molecule has 0 radical (unpaired) electrons. The third kappa shape index (κ3) is 2.91. The molecule has 1 aliphatic carbocycles. The first-order valence-electron chi connectivity index (χ1n) is 6.27. The summed E-state index contributed by atoms with van der Waals surface area (Å²) in [5.41, 5.74) is 1.12. The summed E-state index contributed by atoms with van der Waals surface area (Å²) in [7, 11) is 4.19. The Kier molecular flexibility index (Phi) is 3.89. The van der Waals surface area contributed by atoms with Crippen LogP contribution in [0.1, 0.15) is 37.4 Å². The van der Waals surface area contributed by atoms with E-state index in [9.17, 15) is 4.79 Å². The molecule has 0 spiro atoms. The number of ketones is 1. The van der Waals surface area contributed by atoms with Gasteiger partial charge in [0.25, 0.3) is 0 Å². The van der Waals surface area contributed by atoms with Gasteiger partial charge in [0, 0.05) is 19.0 Å². The normalized spacial score (nSPS) is 19.6. The highest BCUT2D eigenvalue weighted by molar-refractivity contribution is 5.79. The molecule has 3 nitrogen and oxygen atoms in total. The lowest BCUT2D eigenvalue weighted by Crippen LogP contribution is -2.31. The first kappa shape index (κ1) is 12.2. The molecule has 1 aromatic heterocycles. The Bertz CT molecular complexity index is 365. The molecule has 0 saturated heterocycles. The zero-order chi connectivity index (χ0) is 12.3. The number of nitrogens with zero attached hydrogens (tertiary/aromatic N) is 2. The third-order valence-electron chi connectivity index (χ3n) is 3.58. The van der Waals surface area contributed by atoms with Gasteiger partial charge in [-0.25, -0.2) is 0 Å². The van der Waals surface area contributed by atoms with Crippen molar-refractivity contribution < 1.29 is 4.79 Å². The lowest BCUT2D eigenvalue weighted by molar-refractivity contribution is -0.121. The number of rotatable bonds is 3. The topological polar surface area (TPSA) is 33.2 Å². The Balaban J connectivity index is 2.15. The van der Waals surface area contributed by atoms with Gasteiger partial charge < -0.3 is 4.90 Å². The van der Waals surface area contributed by atoms with Gasteiger partial charge in [-0.05, 0) is 45.0 Å². The number of hydrogen-bond acceptors (Lipinski definition) is 3. The van der Waals surface area contributed by atoms with E-state index in [2.05, 4.69) is 30.0 Å². The van der Waals surface area contributed by atoms with E-state index in [0.717, 1.165) is 31.4 Å². The van der Waals surface area contributed by atoms with E-state index in [1.807, 2.05) is 18.3 Å². The van der Waals surface area contributed by atoms with Crippen molar-refractivity contribution in [2.24, 2.45) is 5.92 Å². The summed E-state index contributed by atoms with van der Waals surface area (Å²) in [5, 5.41) is 0. The van der Waals surface area contributed by atoms with Crippen LogP contribution in [0, 0.1) is 5.92 Å². The maximum Gasteiger partial charge on any atom is 0.132 e. The standard InChI is InChI=1S/C14H20N2O/c1-16(2)14(13-5-3-4-10-15-13)11-6-8-12(17)9-7-11/h3-5,10-11,14H,6-9H2,1-2H3. The molecule has 1 fully saturated rings. The second kappa shape index (κ2) is 5.41. The van der Waals surface area contributed by atoms with Crippen LogP contribution in [0.5, 0.6) is 0 Å². The van der Waals surface area contributed by atoms with Gasteiger partial charge >= 0.3 is 0 Å². The zero-order valence-corrected chi connectivity index (χ0v) is 10.6. The van der Waals surface area contributed by atoms with Crippen LogP contribution < -0.4 is 0 Å². The molecular weight excluding hydrogens is 212 g/mol. The molecule has 2 rings (SSSR count). The quantitative estimate of drug-likeness (QED) is 0.802. The minimum absolute atomic E-state index is 0.337. The molecule has 1 saturated carbocycles. The van der Waals surface area contributed by atoms with Crippen LogP contribution in [0.25, 0.3) is 0 Å². The molecule has 0 aliphatic heterocycles. The van der Waals surface area contributed by atoms with Gasteiger partial charge in [-0.3, -0.25) is 9.78 Å². The van der Waals surface area contributed by atoms with Crippen LogP contribution in [0.4, 0.5) is 0 Å². The first-order valence-corrected chi connectivity index (χ1v) is 6.27. The second-order valence-corrected chi connectivity index (χ2v) is 5.04. The van der Waals surface area contributed by atoms with Crippen LogP contribution in [0.3, 0.4) is 0 Å². The number of aromatic nitrogens is 1. The summed E-state index contributed by atoms with van der Waals surface area (Å²) < 4.78 is 0. The van der Waals surface area contributed by atoms with E-state index in [1.54, 1.807) is 0 Å². The van der Waals surface area contributed by atoms with E-state index in [-0.39, 0.29) is 0 Å². The van der Waals surface area contributed by atoms with Crippen molar-refractivity contribution in [2.75, 3.05) is 14.1 Å². The highest BCUT2D eigenvalue weighted by atomic mass is 16.1. The highest BCUT2D eigenvalue weighted by Gasteiger charge is 2.29. The Morgan fingerprint density at radius 3 is 2.53 bits per heavy atom. The van der Waals surface area contributed by atoms with Crippen LogP contribution in [-0.4, -0.2) is 29.8 Å². The fraction of sp³-hybridized carbons (Fsp3) is 0.571. The van der Waals surface area contributed by atoms with Crippen molar-refractivity contribution in [1.82, 2.24) is 9.88 Å². The van der Waals surface area contributed by atoms with E-state index in [4.69, 9.17) is 0 Å². The van der Waals surface area contributed by atoms with E-state index in [1.165, 1.54) is 0 Å². The summed E-state index contributed by atoms with van der Waals surface area (Å²) >= 11 is 0. The minimum Gasteiger partial charge on any atom is -0.301 e. The average Bonchev–Trinajstić information content (AvgIpc) is 2.33. The largest absolute Gasteiger partial charge is 0.301 e. The molecule has 0 bridgehead atoms. The average molecular weight is 232 g/mol. The SMILES string of the molecule is CN(C)C(c1ccccn1)C1CCC(=O)CC1. The van der Waals surface area contributed by atoms with Gasteiger partial charge in [0.05, 0.1) is 11.7 Å². The van der Waals surface area contributed by atoms with Gasteiger partial charge in [-0.15, -0.1) is 0 Å². The van der Waals surface area contributed by atoms with Crippen LogP contribution in [0.2, 0.25) is 0 Å². The van der Waals surface area contributed by atoms with Gasteiger partial charge in [0.1, 0.15) is 5.78 Å². The van der Waals surface area contributed by atoms with Crippen molar-refractivity contribution >= 4 is 5.78 Å². The number of carbonyl (C=O) groups excluding carboxylic acids is 1. The Morgan fingerprint density at radius 2 is 2.00 bits per heavy atom. The van der Waals surface area contributed by atoms with E-state index < -0.39 is 0 Å². The molecule has 1 atom stereocenters. The first-order chi connectivity index (χ1) is 8.18. The molecule has 92 valence electrons. The molecule has 0 N–H and O–H groups in total. The third-order valence-corrected chi connectivity index (χ3v) is 3.58. The van der Waals surface area contributed by atoms with Gasteiger partial charge in [-0.2, -0.15) is 0 Å². The maximum atomic E-state index is 11.3. The minimum atomic E-state index is 0.337. The van der Waals surface area contributed by atoms with Crippen LogP contribution in [0.15, 0.2) is 24.4 Å². The lowest BCUT2D eigenvalue weighted by Gasteiger charge is -2.34. The number of pyridine rings is 1. The molecule has 17 heavy (non-hydrogen) atoms. The molecule has 0 aromatic carbocycles. The summed E-state index contributed by atoms with van der Waals surface area (Å²) in [6.45, 7) is 0. The molecule has 1 heterocycles. The van der Waals surface area contributed by atoms with Crippen molar-refractivity contribution in [2.45, 2.75) is 31.7 Å². The predicted molar refractivity (Wildman–Crippen MR) is 67.6 cm³/mol. The van der Waals surface area contributed by atoms with Crippen molar-refractivity contribution in [3.8, 4) is 0 Å². The number of Topliss-reactive ketones (excluding diaryl/α,β-unsaturated/α-hetero) is 1. The Morgan fingerprint density at radius 1 is 1.29 bits per heavy atom. The monoisotopic (exact) mass is 232 g/mol. The summed E-state index contributed by atoms with van der Waals surface area (Å²) in [6.07, 6.45) is 5.32. The fourth-order valence-electron chi connectivity index (χ4n) is 2.76. The van der Waals surface area contributed by atoms with Crippen LogP contribution >= 0.6 is 0 Å². The van der Waals surface area contributed by atoms with E-state index >= 15 is 0 Å². The second-order valence-electron chi connectivity index (χ2n) is 5.04. The molecule has 0 amide bonds. The van der Waals surface area contributed by atoms with Crippen molar-refractivity contribution in [1.29, 1.82) is 0 Å². The van der Waals surface area contributed by atoms with Gasteiger partial charge in [0.15, 0.2) is 0 Å². The smallest absolute Gasteiger partial charge is 0.132 e. The van der Waals surface area contributed by atoms with Crippen LogP contribution in [-0.2, 0) is 4.79 Å². The zero-order valence-electron chi connectivity index (χ0n) is 10.6. The summed E-state index contributed by atoms with van der Waals surface area (Å²) in [4.78, 5) is 18.0. The highest BCUT2D eigenvalue weighted by Crippen LogP contribution is 2.35. The Labute approximate surface area is 103 Å². The number of carbonyl (C=O) groups is 1. The molecule has 3 heteroatoms. The molecule has 1 unspecified atom stereocenters. The maximum absolute atomic E-state index is 11.3. The van der Waals surface area contributed by atoms with Gasteiger partial charge in [-0.1, -0.05) is 6.07 Å². The summed E-state index contributed by atoms with van der Waals surface area (Å²) in [6, 6.07) is 6.40. The lowest BCUT2D eigenvalue weighted by atomic mass is 9.81. The number of hydrogen-bond donors (Lipinski definition) is 0. The Hall–Kier alpha value is -1.22. The van der Waals surface area contributed by atoms with Crippen molar-refractivity contribution in [3.05, 3.63) is 30.1 Å². The summed E-state index contributed by atoms with van der Waals surface area (Å²) in [5.74, 6) is 0.970. The van der Waals surface area contributed by atoms with Crippen molar-refractivity contribution in [3.63, 3.8) is 0 Å². The molecule has 1 aromatic rings. The fourth-order valence-corrected chi connectivity index (χ4v) is 2.76. The van der Waals surface area contributed by atoms with Gasteiger partial charge in [0.2, 0.25) is 0 Å². The molecular formula is C14H20N2O.